The summed E-state index contributed by atoms with van der Waals surface area (Å²) in [6.07, 6.45) is 0. The van der Waals surface area contributed by atoms with Crippen molar-refractivity contribution in [2.75, 3.05) is 32.8 Å². The maximum atomic E-state index is 12.7. The van der Waals surface area contributed by atoms with Crippen molar-refractivity contribution in [2.24, 2.45) is 0 Å². The zero-order valence-corrected chi connectivity index (χ0v) is 18.3. The van der Waals surface area contributed by atoms with Crippen LogP contribution in [0.25, 0.3) is 0 Å². The lowest BCUT2D eigenvalue weighted by Gasteiger charge is -2.26. The lowest BCUT2D eigenvalue weighted by molar-refractivity contribution is -0.120. The van der Waals surface area contributed by atoms with Crippen LogP contribution in [-0.2, 0) is 31.9 Å². The minimum absolute atomic E-state index is 0.136. The summed E-state index contributed by atoms with van der Waals surface area (Å²) in [6, 6.07) is 14.2. The highest BCUT2D eigenvalue weighted by molar-refractivity contribution is 7.88. The first kappa shape index (κ1) is 22.9. The van der Waals surface area contributed by atoms with E-state index in [4.69, 9.17) is 4.74 Å². The number of nitrogens with one attached hydrogen (secondary N) is 2. The average Bonchev–Trinajstić information content (AvgIpc) is 2.77. The predicted molar refractivity (Wildman–Crippen MR) is 117 cm³/mol. The number of nitrogens with zero attached hydrogens (tertiary/aromatic N) is 1. The number of benzene rings is 2. The molecule has 0 aliphatic carbocycles. The van der Waals surface area contributed by atoms with E-state index >= 15 is 0 Å². The fraction of sp³-hybridized carbons (Fsp3) is 0.364. The molecular formula is C22H27N3O5S. The van der Waals surface area contributed by atoms with Crippen molar-refractivity contribution < 1.29 is 22.7 Å². The Morgan fingerprint density at radius 1 is 0.968 bits per heavy atom. The SMILES string of the molecule is Cc1ccc(C(=O)NCC(=O)NCc2ccccc2CS(=O)(=O)N2CCOCC2)cc1. The van der Waals surface area contributed by atoms with Gasteiger partial charge in [-0.3, -0.25) is 9.59 Å². The second-order valence-electron chi connectivity index (χ2n) is 7.36. The maximum absolute atomic E-state index is 12.7. The molecule has 2 amide bonds. The number of rotatable bonds is 8. The van der Waals surface area contributed by atoms with Gasteiger partial charge in [-0.2, -0.15) is 4.31 Å². The second kappa shape index (κ2) is 10.5. The minimum Gasteiger partial charge on any atom is -0.379 e. The highest BCUT2D eigenvalue weighted by Gasteiger charge is 2.25. The van der Waals surface area contributed by atoms with E-state index in [0.717, 1.165) is 11.1 Å². The molecule has 1 heterocycles. The number of ether oxygens (including phenoxy) is 1. The van der Waals surface area contributed by atoms with E-state index in [1.54, 1.807) is 36.4 Å². The van der Waals surface area contributed by atoms with Gasteiger partial charge in [-0.15, -0.1) is 0 Å². The molecule has 8 nitrogen and oxygen atoms in total. The van der Waals surface area contributed by atoms with Gasteiger partial charge in [0.15, 0.2) is 0 Å². The first-order valence-corrected chi connectivity index (χ1v) is 11.7. The highest BCUT2D eigenvalue weighted by Crippen LogP contribution is 2.16. The molecule has 0 spiro atoms. The van der Waals surface area contributed by atoms with E-state index in [1.165, 1.54) is 4.31 Å². The number of amides is 2. The quantitative estimate of drug-likeness (QED) is 0.635. The van der Waals surface area contributed by atoms with E-state index in [9.17, 15) is 18.0 Å². The Balaban J connectivity index is 1.54. The Hall–Kier alpha value is -2.75. The van der Waals surface area contributed by atoms with Crippen LogP contribution >= 0.6 is 0 Å². The minimum atomic E-state index is -3.47. The molecular weight excluding hydrogens is 418 g/mol. The first-order chi connectivity index (χ1) is 14.8. The Morgan fingerprint density at radius 3 is 2.29 bits per heavy atom. The van der Waals surface area contributed by atoms with Crippen LogP contribution in [0.15, 0.2) is 48.5 Å². The van der Waals surface area contributed by atoms with Crippen molar-refractivity contribution in [1.82, 2.24) is 14.9 Å². The van der Waals surface area contributed by atoms with Gasteiger partial charge in [-0.05, 0) is 30.2 Å². The standard InChI is InChI=1S/C22H27N3O5S/c1-17-6-8-18(9-7-17)22(27)24-15-21(26)23-14-19-4-2-3-5-20(19)16-31(28,29)25-10-12-30-13-11-25/h2-9H,10-16H2,1H3,(H,23,26)(H,24,27). The van der Waals surface area contributed by atoms with Gasteiger partial charge in [0.2, 0.25) is 15.9 Å². The number of morpholine rings is 1. The van der Waals surface area contributed by atoms with Crippen LogP contribution in [0.1, 0.15) is 27.0 Å². The number of carbonyl (C=O) groups excluding carboxylic acids is 2. The van der Waals surface area contributed by atoms with E-state index in [2.05, 4.69) is 10.6 Å². The van der Waals surface area contributed by atoms with Crippen LogP contribution in [-0.4, -0.2) is 57.4 Å². The van der Waals surface area contributed by atoms with Crippen LogP contribution < -0.4 is 10.6 Å². The van der Waals surface area contributed by atoms with Crippen molar-refractivity contribution in [3.63, 3.8) is 0 Å². The summed E-state index contributed by atoms with van der Waals surface area (Å²) in [4.78, 5) is 24.3. The van der Waals surface area contributed by atoms with Crippen molar-refractivity contribution >= 4 is 21.8 Å². The van der Waals surface area contributed by atoms with Crippen LogP contribution in [0, 0.1) is 6.92 Å². The van der Waals surface area contributed by atoms with E-state index < -0.39 is 10.0 Å². The van der Waals surface area contributed by atoms with Crippen LogP contribution in [0.2, 0.25) is 0 Å². The normalized spacial score (nSPS) is 14.7. The molecule has 2 aromatic rings. The number of carbonyl (C=O) groups is 2. The van der Waals surface area contributed by atoms with Crippen LogP contribution in [0.3, 0.4) is 0 Å². The molecule has 1 aliphatic rings. The van der Waals surface area contributed by atoms with E-state index in [-0.39, 0.29) is 30.7 Å². The fourth-order valence-electron chi connectivity index (χ4n) is 3.21. The molecule has 0 bridgehead atoms. The molecule has 1 saturated heterocycles. The predicted octanol–water partition coefficient (Wildman–Crippen LogP) is 1.20. The summed E-state index contributed by atoms with van der Waals surface area (Å²) in [6.45, 7) is 3.43. The third-order valence-electron chi connectivity index (χ3n) is 5.02. The number of hydrogen-bond acceptors (Lipinski definition) is 5. The Morgan fingerprint density at radius 2 is 1.61 bits per heavy atom. The van der Waals surface area contributed by atoms with Gasteiger partial charge in [0, 0.05) is 25.2 Å². The molecule has 9 heteroatoms. The molecule has 2 N–H and O–H groups in total. The highest BCUT2D eigenvalue weighted by atomic mass is 32.2. The second-order valence-corrected chi connectivity index (χ2v) is 9.33. The molecule has 0 radical (unpaired) electrons. The molecule has 1 aliphatic heterocycles. The summed E-state index contributed by atoms with van der Waals surface area (Å²) in [7, 11) is -3.47. The Kier molecular flexibility index (Phi) is 7.78. The Bertz CT molecular complexity index is 1020. The average molecular weight is 446 g/mol. The van der Waals surface area contributed by atoms with Crippen molar-refractivity contribution in [3.05, 3.63) is 70.8 Å². The van der Waals surface area contributed by atoms with Crippen molar-refractivity contribution in [2.45, 2.75) is 19.2 Å². The van der Waals surface area contributed by atoms with Crippen molar-refractivity contribution in [1.29, 1.82) is 0 Å². The van der Waals surface area contributed by atoms with Gasteiger partial charge in [0.05, 0.1) is 25.5 Å². The summed E-state index contributed by atoms with van der Waals surface area (Å²) in [5.74, 6) is -0.818. The lowest BCUT2D eigenvalue weighted by atomic mass is 10.1. The third-order valence-corrected chi connectivity index (χ3v) is 6.85. The van der Waals surface area contributed by atoms with Gasteiger partial charge < -0.3 is 15.4 Å². The van der Waals surface area contributed by atoms with Gasteiger partial charge in [-0.25, -0.2) is 8.42 Å². The van der Waals surface area contributed by atoms with Gasteiger partial charge in [0.1, 0.15) is 0 Å². The van der Waals surface area contributed by atoms with Crippen LogP contribution in [0.5, 0.6) is 0 Å². The molecule has 0 aromatic heterocycles. The zero-order valence-electron chi connectivity index (χ0n) is 17.5. The monoisotopic (exact) mass is 445 g/mol. The molecule has 2 aromatic carbocycles. The van der Waals surface area contributed by atoms with Gasteiger partial charge in [0.25, 0.3) is 5.91 Å². The first-order valence-electron chi connectivity index (χ1n) is 10.1. The van der Waals surface area contributed by atoms with Gasteiger partial charge in [-0.1, -0.05) is 42.0 Å². The number of aryl methyl sites for hydroxylation is 1. The fourth-order valence-corrected chi connectivity index (χ4v) is 4.77. The zero-order chi connectivity index (χ0) is 22.3. The Labute approximate surface area is 182 Å². The topological polar surface area (TPSA) is 105 Å². The molecule has 0 saturated carbocycles. The summed E-state index contributed by atoms with van der Waals surface area (Å²) >= 11 is 0. The molecule has 1 fully saturated rings. The molecule has 0 unspecified atom stereocenters. The molecule has 3 rings (SSSR count). The number of sulfonamides is 1. The third kappa shape index (κ3) is 6.61. The lowest BCUT2D eigenvalue weighted by Crippen LogP contribution is -2.41. The van der Waals surface area contributed by atoms with E-state index in [1.807, 2.05) is 19.1 Å². The number of hydrogen-bond donors (Lipinski definition) is 2. The molecule has 0 atom stereocenters. The maximum Gasteiger partial charge on any atom is 0.251 e. The largest absolute Gasteiger partial charge is 0.379 e. The summed E-state index contributed by atoms with van der Waals surface area (Å²) < 4.78 is 32.1. The smallest absolute Gasteiger partial charge is 0.251 e. The molecule has 166 valence electrons. The van der Waals surface area contributed by atoms with Gasteiger partial charge >= 0.3 is 0 Å². The van der Waals surface area contributed by atoms with Crippen LogP contribution in [0.4, 0.5) is 0 Å². The van der Waals surface area contributed by atoms with Crippen molar-refractivity contribution in [3.8, 4) is 0 Å². The molecule has 31 heavy (non-hydrogen) atoms. The summed E-state index contributed by atoms with van der Waals surface area (Å²) in [5.41, 5.74) is 2.89. The summed E-state index contributed by atoms with van der Waals surface area (Å²) in [5, 5.41) is 5.32. The van der Waals surface area contributed by atoms with E-state index in [0.29, 0.717) is 37.4 Å².